The van der Waals surface area contributed by atoms with Gasteiger partial charge in [-0.1, -0.05) is 12.1 Å². The van der Waals surface area contributed by atoms with Crippen molar-refractivity contribution in [2.75, 3.05) is 12.4 Å². The number of amides is 1. The topological polar surface area (TPSA) is 93.5 Å². The number of hydrogen-bond acceptors (Lipinski definition) is 4. The molecule has 0 radical (unpaired) electrons. The number of benzene rings is 1. The van der Waals surface area contributed by atoms with Gasteiger partial charge in [0.15, 0.2) is 5.82 Å². The molecular formula is C17H21N3O4. The molecule has 1 atom stereocenters. The van der Waals surface area contributed by atoms with Crippen LogP contribution in [0.3, 0.4) is 0 Å². The molecule has 128 valence electrons. The van der Waals surface area contributed by atoms with Crippen molar-refractivity contribution in [2.24, 2.45) is 0 Å². The third-order valence-electron chi connectivity index (χ3n) is 3.67. The quantitative estimate of drug-likeness (QED) is 0.775. The van der Waals surface area contributed by atoms with Crippen molar-refractivity contribution in [3.05, 3.63) is 42.1 Å². The van der Waals surface area contributed by atoms with Gasteiger partial charge in [0.25, 0.3) is 0 Å². The van der Waals surface area contributed by atoms with E-state index in [1.807, 2.05) is 6.92 Å². The summed E-state index contributed by atoms with van der Waals surface area (Å²) < 4.78 is 6.80. The minimum atomic E-state index is -0.945. The van der Waals surface area contributed by atoms with Crippen molar-refractivity contribution in [1.82, 2.24) is 9.78 Å². The monoisotopic (exact) mass is 331 g/mol. The molecule has 1 aromatic carbocycles. The van der Waals surface area contributed by atoms with Crippen molar-refractivity contribution in [2.45, 2.75) is 32.2 Å². The summed E-state index contributed by atoms with van der Waals surface area (Å²) in [5, 5.41) is 16.0. The van der Waals surface area contributed by atoms with E-state index in [-0.39, 0.29) is 18.7 Å². The molecule has 2 N–H and O–H groups in total. The highest BCUT2D eigenvalue weighted by molar-refractivity contribution is 5.90. The van der Waals surface area contributed by atoms with E-state index in [2.05, 4.69) is 10.4 Å². The summed E-state index contributed by atoms with van der Waals surface area (Å²) in [6.07, 6.45) is 1.72. The minimum Gasteiger partial charge on any atom is -0.497 e. The highest BCUT2D eigenvalue weighted by Gasteiger charge is 2.20. The SMILES string of the molecule is CCn1ccc(NC(=O)C[C@@H](CC(=O)O)c2ccc(OC)cc2)n1. The minimum absolute atomic E-state index is 0.0671. The number of aryl methyl sites for hydroxylation is 1. The molecular weight excluding hydrogens is 310 g/mol. The van der Waals surface area contributed by atoms with Crippen molar-refractivity contribution in [3.63, 3.8) is 0 Å². The van der Waals surface area contributed by atoms with Crippen LogP contribution in [0.5, 0.6) is 5.75 Å². The van der Waals surface area contributed by atoms with Gasteiger partial charge in [-0.2, -0.15) is 5.10 Å². The molecule has 2 aromatic rings. The molecule has 1 amide bonds. The van der Waals surface area contributed by atoms with E-state index >= 15 is 0 Å². The molecule has 0 saturated carbocycles. The van der Waals surface area contributed by atoms with Crippen molar-refractivity contribution in [1.29, 1.82) is 0 Å². The molecule has 0 aliphatic carbocycles. The molecule has 7 heteroatoms. The normalized spacial score (nSPS) is 11.8. The summed E-state index contributed by atoms with van der Waals surface area (Å²) in [5.74, 6) is -0.480. The summed E-state index contributed by atoms with van der Waals surface area (Å²) in [6.45, 7) is 2.66. The Morgan fingerprint density at radius 3 is 2.50 bits per heavy atom. The molecule has 0 spiro atoms. The zero-order valence-electron chi connectivity index (χ0n) is 13.7. The third-order valence-corrected chi connectivity index (χ3v) is 3.67. The first-order valence-corrected chi connectivity index (χ1v) is 7.71. The molecule has 0 bridgehead atoms. The van der Waals surface area contributed by atoms with Crippen molar-refractivity contribution < 1.29 is 19.4 Å². The molecule has 0 unspecified atom stereocenters. The van der Waals surface area contributed by atoms with Crippen LogP contribution >= 0.6 is 0 Å². The van der Waals surface area contributed by atoms with E-state index in [0.717, 1.165) is 5.56 Å². The van der Waals surface area contributed by atoms with Gasteiger partial charge >= 0.3 is 5.97 Å². The maximum atomic E-state index is 12.2. The zero-order chi connectivity index (χ0) is 17.5. The summed E-state index contributed by atoms with van der Waals surface area (Å²) in [6, 6.07) is 8.79. The number of carbonyl (C=O) groups excluding carboxylic acids is 1. The zero-order valence-corrected chi connectivity index (χ0v) is 13.7. The number of anilines is 1. The van der Waals surface area contributed by atoms with Gasteiger partial charge in [-0.15, -0.1) is 0 Å². The highest BCUT2D eigenvalue weighted by Crippen LogP contribution is 2.26. The molecule has 1 heterocycles. The number of carboxylic acids is 1. The van der Waals surface area contributed by atoms with Crippen LogP contribution in [0.2, 0.25) is 0 Å². The van der Waals surface area contributed by atoms with Crippen LogP contribution in [-0.2, 0) is 16.1 Å². The Kier molecular flexibility index (Phi) is 5.95. The molecule has 0 fully saturated rings. The summed E-state index contributed by atoms with van der Waals surface area (Å²) >= 11 is 0. The van der Waals surface area contributed by atoms with Crippen LogP contribution in [0.15, 0.2) is 36.5 Å². The average Bonchev–Trinajstić information content (AvgIpc) is 3.01. The number of aliphatic carboxylic acids is 1. The van der Waals surface area contributed by atoms with Crippen molar-refractivity contribution in [3.8, 4) is 5.75 Å². The first kappa shape index (κ1) is 17.5. The number of nitrogens with one attached hydrogen (secondary N) is 1. The van der Waals surface area contributed by atoms with E-state index in [0.29, 0.717) is 18.1 Å². The number of methoxy groups -OCH3 is 1. The maximum absolute atomic E-state index is 12.2. The third kappa shape index (κ3) is 4.84. The molecule has 0 saturated heterocycles. The first-order chi connectivity index (χ1) is 11.5. The Morgan fingerprint density at radius 1 is 1.25 bits per heavy atom. The van der Waals surface area contributed by atoms with Crippen LogP contribution < -0.4 is 10.1 Å². The number of aromatic nitrogens is 2. The van der Waals surface area contributed by atoms with E-state index in [4.69, 9.17) is 9.84 Å². The molecule has 1 aromatic heterocycles. The number of hydrogen-bond donors (Lipinski definition) is 2. The Bertz CT molecular complexity index is 694. The lowest BCUT2D eigenvalue weighted by atomic mass is 9.92. The van der Waals surface area contributed by atoms with Gasteiger partial charge in [-0.3, -0.25) is 14.3 Å². The lowest BCUT2D eigenvalue weighted by molar-refractivity contribution is -0.137. The molecule has 0 aliphatic heterocycles. The van der Waals surface area contributed by atoms with E-state index in [1.165, 1.54) is 0 Å². The molecule has 24 heavy (non-hydrogen) atoms. The van der Waals surface area contributed by atoms with Crippen LogP contribution in [0.4, 0.5) is 5.82 Å². The van der Waals surface area contributed by atoms with Crippen LogP contribution in [-0.4, -0.2) is 33.9 Å². The largest absolute Gasteiger partial charge is 0.497 e. The van der Waals surface area contributed by atoms with Crippen LogP contribution in [0, 0.1) is 0 Å². The highest BCUT2D eigenvalue weighted by atomic mass is 16.5. The summed E-state index contributed by atoms with van der Waals surface area (Å²) in [4.78, 5) is 23.3. The standard InChI is InChI=1S/C17H21N3O4/c1-3-20-9-8-15(19-20)18-16(21)10-13(11-17(22)23)12-4-6-14(24-2)7-5-12/h4-9,13H,3,10-11H2,1-2H3,(H,22,23)(H,18,19,21)/t13-/m0/s1. The Labute approximate surface area is 140 Å². The fourth-order valence-electron chi connectivity index (χ4n) is 2.42. The number of rotatable bonds is 8. The van der Waals surface area contributed by atoms with E-state index in [1.54, 1.807) is 48.3 Å². The number of nitrogens with zero attached hydrogens (tertiary/aromatic N) is 2. The van der Waals surface area contributed by atoms with Gasteiger partial charge in [-0.25, -0.2) is 0 Å². The molecule has 2 rings (SSSR count). The summed E-state index contributed by atoms with van der Waals surface area (Å²) in [7, 11) is 1.56. The smallest absolute Gasteiger partial charge is 0.303 e. The molecule has 7 nitrogen and oxygen atoms in total. The van der Waals surface area contributed by atoms with E-state index < -0.39 is 11.9 Å². The molecule has 0 aliphatic rings. The lowest BCUT2D eigenvalue weighted by Crippen LogP contribution is -2.18. The predicted octanol–water partition coefficient (Wildman–Crippen LogP) is 2.50. The number of ether oxygens (including phenoxy) is 1. The van der Waals surface area contributed by atoms with Gasteiger partial charge in [0.2, 0.25) is 5.91 Å². The Morgan fingerprint density at radius 2 is 1.96 bits per heavy atom. The van der Waals surface area contributed by atoms with Crippen molar-refractivity contribution >= 4 is 17.7 Å². The Hall–Kier alpha value is -2.83. The lowest BCUT2D eigenvalue weighted by Gasteiger charge is -2.15. The summed E-state index contributed by atoms with van der Waals surface area (Å²) in [5.41, 5.74) is 0.785. The fraction of sp³-hybridized carbons (Fsp3) is 0.353. The first-order valence-electron chi connectivity index (χ1n) is 7.71. The predicted molar refractivity (Wildman–Crippen MR) is 89.1 cm³/mol. The van der Waals surface area contributed by atoms with Gasteiger partial charge in [0, 0.05) is 31.1 Å². The van der Waals surface area contributed by atoms with Gasteiger partial charge in [-0.05, 0) is 24.6 Å². The van der Waals surface area contributed by atoms with Crippen LogP contribution in [0.1, 0.15) is 31.2 Å². The van der Waals surface area contributed by atoms with Gasteiger partial charge < -0.3 is 15.2 Å². The maximum Gasteiger partial charge on any atom is 0.303 e. The average molecular weight is 331 g/mol. The van der Waals surface area contributed by atoms with Gasteiger partial charge in [0.1, 0.15) is 5.75 Å². The second kappa shape index (κ2) is 8.14. The number of carboxylic acid groups (broad SMARTS) is 1. The Balaban J connectivity index is 2.06. The fourth-order valence-corrected chi connectivity index (χ4v) is 2.42. The number of carbonyl (C=O) groups is 2. The van der Waals surface area contributed by atoms with Gasteiger partial charge in [0.05, 0.1) is 13.5 Å². The second-order valence-corrected chi connectivity index (χ2v) is 5.38. The van der Waals surface area contributed by atoms with E-state index in [9.17, 15) is 9.59 Å². The van der Waals surface area contributed by atoms with Crippen LogP contribution in [0.25, 0.3) is 0 Å². The second-order valence-electron chi connectivity index (χ2n) is 5.38.